The number of hydrogen-bond acceptors (Lipinski definition) is 5. The van der Waals surface area contributed by atoms with Crippen LogP contribution in [0.1, 0.15) is 11.1 Å². The van der Waals surface area contributed by atoms with Gasteiger partial charge >= 0.3 is 0 Å². The van der Waals surface area contributed by atoms with E-state index >= 15 is 0 Å². The topological polar surface area (TPSA) is 50.3 Å². The van der Waals surface area contributed by atoms with Crippen LogP contribution in [-0.4, -0.2) is 23.6 Å². The molecule has 1 N–H and O–H groups in total. The van der Waals surface area contributed by atoms with Gasteiger partial charge < -0.3 is 15.0 Å². The van der Waals surface area contributed by atoms with E-state index in [4.69, 9.17) is 14.7 Å². The third-order valence-electron chi connectivity index (χ3n) is 5.42. The molecule has 2 heterocycles. The summed E-state index contributed by atoms with van der Waals surface area (Å²) in [7, 11) is 1.64. The summed E-state index contributed by atoms with van der Waals surface area (Å²) in [4.78, 5) is 11.8. The summed E-state index contributed by atoms with van der Waals surface area (Å²) in [6.07, 6.45) is 0.965. The van der Waals surface area contributed by atoms with Gasteiger partial charge in [0, 0.05) is 24.2 Å². The molecular formula is C24H21FN4O. The molecule has 0 bridgehead atoms. The first-order chi connectivity index (χ1) is 14.7. The first kappa shape index (κ1) is 18.4. The quantitative estimate of drug-likeness (QED) is 0.517. The van der Waals surface area contributed by atoms with Gasteiger partial charge in [-0.15, -0.1) is 0 Å². The maximum absolute atomic E-state index is 13.3. The zero-order valence-electron chi connectivity index (χ0n) is 16.6. The highest BCUT2D eigenvalue weighted by Gasteiger charge is 2.21. The molecule has 150 valence electrons. The Balaban J connectivity index is 1.60. The Hall–Kier alpha value is -3.67. The first-order valence-electron chi connectivity index (χ1n) is 9.90. The second-order valence-electron chi connectivity index (χ2n) is 7.30. The van der Waals surface area contributed by atoms with E-state index in [1.54, 1.807) is 19.2 Å². The molecule has 30 heavy (non-hydrogen) atoms. The molecule has 0 fully saturated rings. The summed E-state index contributed by atoms with van der Waals surface area (Å²) in [5.74, 6) is 1.72. The van der Waals surface area contributed by atoms with Crippen molar-refractivity contribution in [1.29, 1.82) is 0 Å². The van der Waals surface area contributed by atoms with Crippen LogP contribution in [0.4, 0.5) is 21.8 Å². The van der Waals surface area contributed by atoms with Crippen molar-refractivity contribution in [3.05, 3.63) is 83.7 Å². The van der Waals surface area contributed by atoms with Gasteiger partial charge in [-0.05, 0) is 53.9 Å². The van der Waals surface area contributed by atoms with E-state index in [9.17, 15) is 4.39 Å². The Labute approximate surface area is 174 Å². The number of hydrogen-bond donors (Lipinski definition) is 1. The van der Waals surface area contributed by atoms with Crippen LogP contribution in [0.2, 0.25) is 0 Å². The van der Waals surface area contributed by atoms with Crippen molar-refractivity contribution in [3.8, 4) is 5.75 Å². The van der Waals surface area contributed by atoms with Crippen LogP contribution in [0.3, 0.4) is 0 Å². The maximum atomic E-state index is 13.3. The highest BCUT2D eigenvalue weighted by atomic mass is 19.1. The highest BCUT2D eigenvalue weighted by molar-refractivity contribution is 5.94. The normalized spacial score (nSPS) is 13.2. The molecule has 3 aromatic carbocycles. The van der Waals surface area contributed by atoms with Gasteiger partial charge in [-0.1, -0.05) is 30.3 Å². The van der Waals surface area contributed by atoms with Gasteiger partial charge in [0.05, 0.1) is 7.11 Å². The molecule has 0 radical (unpaired) electrons. The minimum absolute atomic E-state index is 0.283. The number of aromatic nitrogens is 2. The lowest BCUT2D eigenvalue weighted by Gasteiger charge is -2.30. The average Bonchev–Trinajstić information content (AvgIpc) is 2.79. The fraction of sp³-hybridized carbons (Fsp3) is 0.167. The maximum Gasteiger partial charge on any atom is 0.229 e. The molecule has 1 aromatic heterocycles. The van der Waals surface area contributed by atoms with Gasteiger partial charge in [0.15, 0.2) is 0 Å². The molecule has 0 saturated heterocycles. The Morgan fingerprint density at radius 1 is 0.933 bits per heavy atom. The molecule has 0 saturated carbocycles. The minimum Gasteiger partial charge on any atom is -0.494 e. The number of fused-ring (bicyclic) bond motifs is 2. The van der Waals surface area contributed by atoms with Crippen LogP contribution in [0, 0.1) is 5.82 Å². The molecule has 0 unspecified atom stereocenters. The van der Waals surface area contributed by atoms with E-state index in [0.29, 0.717) is 11.7 Å². The van der Waals surface area contributed by atoms with Gasteiger partial charge in [0.25, 0.3) is 0 Å². The second kappa shape index (κ2) is 7.63. The molecule has 5 nitrogen and oxygen atoms in total. The number of halogens is 1. The highest BCUT2D eigenvalue weighted by Crippen LogP contribution is 2.34. The van der Waals surface area contributed by atoms with Gasteiger partial charge in [-0.2, -0.15) is 4.98 Å². The van der Waals surface area contributed by atoms with E-state index in [-0.39, 0.29) is 5.82 Å². The summed E-state index contributed by atoms with van der Waals surface area (Å²) in [5.41, 5.74) is 4.16. The molecule has 0 aliphatic carbocycles. The molecular weight excluding hydrogens is 379 g/mol. The first-order valence-corrected chi connectivity index (χ1v) is 9.90. The number of benzene rings is 3. The van der Waals surface area contributed by atoms with Crippen molar-refractivity contribution in [3.63, 3.8) is 0 Å². The molecule has 0 atom stereocenters. The molecule has 0 spiro atoms. The van der Waals surface area contributed by atoms with Crippen molar-refractivity contribution in [1.82, 2.24) is 9.97 Å². The summed E-state index contributed by atoms with van der Waals surface area (Å²) in [5, 5.41) is 4.15. The van der Waals surface area contributed by atoms with Crippen molar-refractivity contribution in [2.24, 2.45) is 0 Å². The Kier molecular flexibility index (Phi) is 4.67. The second-order valence-corrected chi connectivity index (χ2v) is 7.30. The van der Waals surface area contributed by atoms with Crippen LogP contribution >= 0.6 is 0 Å². The van der Waals surface area contributed by atoms with Crippen LogP contribution in [0.25, 0.3) is 10.9 Å². The molecule has 6 heteroatoms. The SMILES string of the molecule is COc1cccc2c(N3CCc4ccccc4C3)nc(Nc3ccc(F)cc3)nc12. The Bertz CT molecular complexity index is 1210. The smallest absolute Gasteiger partial charge is 0.229 e. The number of para-hydroxylation sites is 1. The van der Waals surface area contributed by atoms with Crippen LogP contribution in [-0.2, 0) is 13.0 Å². The zero-order chi connectivity index (χ0) is 20.5. The van der Waals surface area contributed by atoms with Crippen molar-refractivity contribution in [2.45, 2.75) is 13.0 Å². The Morgan fingerprint density at radius 3 is 2.53 bits per heavy atom. The fourth-order valence-electron chi connectivity index (χ4n) is 3.91. The lowest BCUT2D eigenvalue weighted by molar-refractivity contribution is 0.419. The number of rotatable bonds is 4. The third kappa shape index (κ3) is 3.41. The molecule has 0 amide bonds. The Morgan fingerprint density at radius 2 is 1.73 bits per heavy atom. The molecule has 4 aromatic rings. The summed E-state index contributed by atoms with van der Waals surface area (Å²) < 4.78 is 18.8. The largest absolute Gasteiger partial charge is 0.494 e. The van der Waals surface area contributed by atoms with Gasteiger partial charge in [0.1, 0.15) is 22.9 Å². The minimum atomic E-state index is -0.283. The van der Waals surface area contributed by atoms with Crippen LogP contribution in [0.15, 0.2) is 66.7 Å². The predicted molar refractivity (Wildman–Crippen MR) is 117 cm³/mol. The van der Waals surface area contributed by atoms with E-state index in [2.05, 4.69) is 34.5 Å². The number of nitrogens with one attached hydrogen (secondary N) is 1. The summed E-state index contributed by atoms with van der Waals surface area (Å²) in [6, 6.07) is 20.6. The lowest BCUT2D eigenvalue weighted by atomic mass is 9.99. The number of nitrogens with zero attached hydrogens (tertiary/aromatic N) is 3. The number of methoxy groups -OCH3 is 1. The lowest BCUT2D eigenvalue weighted by Crippen LogP contribution is -2.31. The van der Waals surface area contributed by atoms with E-state index in [0.717, 1.165) is 41.9 Å². The van der Waals surface area contributed by atoms with E-state index in [1.165, 1.54) is 23.3 Å². The van der Waals surface area contributed by atoms with Crippen LogP contribution in [0.5, 0.6) is 5.75 Å². The fourth-order valence-corrected chi connectivity index (χ4v) is 3.91. The zero-order valence-corrected chi connectivity index (χ0v) is 16.6. The third-order valence-corrected chi connectivity index (χ3v) is 5.42. The van der Waals surface area contributed by atoms with Crippen molar-refractivity contribution in [2.75, 3.05) is 23.9 Å². The van der Waals surface area contributed by atoms with Crippen molar-refractivity contribution >= 4 is 28.4 Å². The van der Waals surface area contributed by atoms with Crippen molar-refractivity contribution < 1.29 is 9.13 Å². The molecule has 1 aliphatic rings. The number of ether oxygens (including phenoxy) is 1. The van der Waals surface area contributed by atoms with E-state index in [1.807, 2.05) is 18.2 Å². The molecule has 5 rings (SSSR count). The van der Waals surface area contributed by atoms with Gasteiger partial charge in [-0.3, -0.25) is 0 Å². The van der Waals surface area contributed by atoms with Crippen LogP contribution < -0.4 is 15.0 Å². The predicted octanol–water partition coefficient (Wildman–Crippen LogP) is 5.08. The van der Waals surface area contributed by atoms with E-state index < -0.39 is 0 Å². The summed E-state index contributed by atoms with van der Waals surface area (Å²) >= 11 is 0. The molecule has 1 aliphatic heterocycles. The standard InChI is InChI=1S/C24H21FN4O/c1-30-21-8-4-7-20-22(21)27-24(26-19-11-9-18(25)10-12-19)28-23(20)29-14-13-16-5-2-3-6-17(16)15-29/h2-12H,13-15H2,1H3,(H,26,27,28). The van der Waals surface area contributed by atoms with Gasteiger partial charge in [-0.25, -0.2) is 9.37 Å². The monoisotopic (exact) mass is 400 g/mol. The van der Waals surface area contributed by atoms with Gasteiger partial charge in [0.2, 0.25) is 5.95 Å². The average molecular weight is 400 g/mol. The summed E-state index contributed by atoms with van der Waals surface area (Å²) in [6.45, 7) is 1.66. The number of anilines is 3.